The monoisotopic (exact) mass is 299 g/mol. The summed E-state index contributed by atoms with van der Waals surface area (Å²) in [5.74, 6) is -0.934. The molecule has 6 heteroatoms. The lowest BCUT2D eigenvalue weighted by Gasteiger charge is -2.11. The van der Waals surface area contributed by atoms with E-state index in [0.717, 1.165) is 0 Å². The van der Waals surface area contributed by atoms with Crippen molar-refractivity contribution in [3.05, 3.63) is 46.6 Å². The van der Waals surface area contributed by atoms with E-state index in [4.69, 9.17) is 9.15 Å². The van der Waals surface area contributed by atoms with Crippen LogP contribution in [-0.2, 0) is 0 Å². The van der Waals surface area contributed by atoms with Crippen molar-refractivity contribution in [1.82, 2.24) is 0 Å². The van der Waals surface area contributed by atoms with Crippen LogP contribution in [0.1, 0.15) is 0 Å². The molecule has 3 aromatic rings. The minimum absolute atomic E-state index is 0.0427. The minimum atomic E-state index is -0.526. The molecule has 0 atom stereocenters. The molecule has 0 aliphatic carbocycles. The molecular weight excluding hydrogens is 288 g/mol. The van der Waals surface area contributed by atoms with E-state index in [-0.39, 0.29) is 33.7 Å². The Kier molecular flexibility index (Phi) is 3.14. The van der Waals surface area contributed by atoms with Gasteiger partial charge in [0, 0.05) is 11.6 Å². The first-order chi connectivity index (χ1) is 10.5. The van der Waals surface area contributed by atoms with Crippen LogP contribution in [0.5, 0.6) is 23.0 Å². The molecule has 3 rings (SSSR count). The Bertz CT molecular complexity index is 926. The second-order valence-corrected chi connectivity index (χ2v) is 4.65. The number of benzene rings is 2. The molecule has 0 spiro atoms. The minimum Gasteiger partial charge on any atom is -0.870 e. The maximum atomic E-state index is 12.2. The molecule has 0 saturated carbocycles. The number of methoxy groups -OCH3 is 1. The van der Waals surface area contributed by atoms with Gasteiger partial charge >= 0.3 is 0 Å². The Morgan fingerprint density at radius 3 is 2.55 bits per heavy atom. The number of fused-ring (bicyclic) bond motifs is 1. The molecule has 0 unspecified atom stereocenters. The molecule has 1 aromatic heterocycles. The van der Waals surface area contributed by atoms with Gasteiger partial charge in [-0.25, -0.2) is 0 Å². The van der Waals surface area contributed by atoms with Crippen molar-refractivity contribution < 1.29 is 24.5 Å². The predicted octanol–water partition coefficient (Wildman–Crippen LogP) is 1.95. The third kappa shape index (κ3) is 2.10. The summed E-state index contributed by atoms with van der Waals surface area (Å²) in [5, 5.41) is 30.7. The highest BCUT2D eigenvalue weighted by molar-refractivity contribution is 5.86. The number of ether oxygens (including phenoxy) is 1. The first-order valence-electron chi connectivity index (χ1n) is 6.35. The fourth-order valence-electron chi connectivity index (χ4n) is 2.19. The summed E-state index contributed by atoms with van der Waals surface area (Å²) in [5.41, 5.74) is 0.123. The average Bonchev–Trinajstić information content (AvgIpc) is 2.49. The number of phenols is 2. The fourth-order valence-corrected chi connectivity index (χ4v) is 2.19. The van der Waals surface area contributed by atoms with Gasteiger partial charge in [-0.1, -0.05) is 17.9 Å². The van der Waals surface area contributed by atoms with Gasteiger partial charge in [0.25, 0.3) is 0 Å². The average molecular weight is 299 g/mol. The van der Waals surface area contributed by atoms with Crippen molar-refractivity contribution in [3.8, 4) is 34.3 Å². The molecule has 1 heterocycles. The molecule has 0 aliphatic heterocycles. The Morgan fingerprint density at radius 1 is 1.09 bits per heavy atom. The molecular formula is C16H11O6-. The zero-order valence-electron chi connectivity index (χ0n) is 11.5. The molecule has 0 saturated heterocycles. The number of rotatable bonds is 2. The van der Waals surface area contributed by atoms with Crippen LogP contribution in [0, 0.1) is 0 Å². The molecule has 0 amide bonds. The quantitative estimate of drug-likeness (QED) is 0.749. The fraction of sp³-hybridized carbons (Fsp3) is 0.0625. The summed E-state index contributed by atoms with van der Waals surface area (Å²) < 4.78 is 10.7. The molecule has 112 valence electrons. The van der Waals surface area contributed by atoms with Gasteiger partial charge in [0.05, 0.1) is 12.5 Å². The maximum absolute atomic E-state index is 12.2. The van der Waals surface area contributed by atoms with Crippen molar-refractivity contribution in [2.75, 3.05) is 7.11 Å². The molecule has 2 aromatic carbocycles. The van der Waals surface area contributed by atoms with Crippen LogP contribution < -0.4 is 15.3 Å². The van der Waals surface area contributed by atoms with Crippen molar-refractivity contribution >= 4 is 11.0 Å². The Morgan fingerprint density at radius 2 is 1.86 bits per heavy atom. The number of aromatic hydroxyl groups is 2. The summed E-state index contributed by atoms with van der Waals surface area (Å²) >= 11 is 0. The van der Waals surface area contributed by atoms with Gasteiger partial charge in [-0.15, -0.1) is 0 Å². The third-order valence-electron chi connectivity index (χ3n) is 3.28. The second kappa shape index (κ2) is 5.00. The lowest BCUT2D eigenvalue weighted by molar-refractivity contribution is -0.270. The van der Waals surface area contributed by atoms with Gasteiger partial charge in [-0.2, -0.15) is 0 Å². The van der Waals surface area contributed by atoms with E-state index in [9.17, 15) is 20.1 Å². The Balaban J connectivity index is 2.32. The van der Waals surface area contributed by atoms with E-state index in [1.807, 2.05) is 0 Å². The van der Waals surface area contributed by atoms with E-state index in [0.29, 0.717) is 5.56 Å². The van der Waals surface area contributed by atoms with Crippen LogP contribution >= 0.6 is 0 Å². The highest BCUT2D eigenvalue weighted by Gasteiger charge is 2.14. The summed E-state index contributed by atoms with van der Waals surface area (Å²) in [6, 6.07) is 7.84. The van der Waals surface area contributed by atoms with Crippen molar-refractivity contribution in [3.63, 3.8) is 0 Å². The molecule has 0 radical (unpaired) electrons. The zero-order chi connectivity index (χ0) is 15.9. The summed E-state index contributed by atoms with van der Waals surface area (Å²) in [6.45, 7) is 0. The number of hydrogen-bond acceptors (Lipinski definition) is 6. The molecule has 0 aliphatic rings. The Hall–Kier alpha value is -3.15. The molecule has 6 nitrogen and oxygen atoms in total. The molecule has 0 fully saturated rings. The van der Waals surface area contributed by atoms with Gasteiger partial charge in [0.15, 0.2) is 16.8 Å². The van der Waals surface area contributed by atoms with Crippen molar-refractivity contribution in [2.24, 2.45) is 0 Å². The van der Waals surface area contributed by atoms with Crippen molar-refractivity contribution in [2.45, 2.75) is 0 Å². The highest BCUT2D eigenvalue weighted by atomic mass is 16.5. The summed E-state index contributed by atoms with van der Waals surface area (Å²) in [4.78, 5) is 12.2. The van der Waals surface area contributed by atoms with E-state index in [2.05, 4.69) is 0 Å². The van der Waals surface area contributed by atoms with Crippen LogP contribution in [0.2, 0.25) is 0 Å². The summed E-state index contributed by atoms with van der Waals surface area (Å²) in [6.07, 6.45) is 0. The van der Waals surface area contributed by atoms with Crippen LogP contribution in [0.25, 0.3) is 22.3 Å². The van der Waals surface area contributed by atoms with E-state index < -0.39 is 11.5 Å². The number of phenolic OH excluding ortho intramolecular Hbond substituents is 2. The first kappa shape index (κ1) is 13.8. The van der Waals surface area contributed by atoms with Crippen LogP contribution in [0.3, 0.4) is 0 Å². The van der Waals surface area contributed by atoms with E-state index in [1.54, 1.807) is 0 Å². The highest BCUT2D eigenvalue weighted by Crippen LogP contribution is 2.36. The van der Waals surface area contributed by atoms with Crippen LogP contribution in [0.15, 0.2) is 45.6 Å². The van der Waals surface area contributed by atoms with E-state index >= 15 is 0 Å². The third-order valence-corrected chi connectivity index (χ3v) is 3.28. The maximum Gasteiger partial charge on any atom is 0.204 e. The topological polar surface area (TPSA) is 103 Å². The van der Waals surface area contributed by atoms with Gasteiger partial charge in [-0.3, -0.25) is 4.79 Å². The molecule has 2 N–H and O–H groups in total. The van der Waals surface area contributed by atoms with Crippen molar-refractivity contribution in [1.29, 1.82) is 0 Å². The summed E-state index contributed by atoms with van der Waals surface area (Å²) in [7, 11) is 1.35. The standard InChI is InChI=1S/C16H12O6/c1-21-16-11(18)5-3-9-12(19)7-14(22-15(9)16)8-2-4-10(17)13(20)6-8/h2-7,17-18,20H,1H3/p-1. The van der Waals surface area contributed by atoms with E-state index in [1.165, 1.54) is 43.5 Å². The smallest absolute Gasteiger partial charge is 0.204 e. The Labute approximate surface area is 124 Å². The molecule has 22 heavy (non-hydrogen) atoms. The van der Waals surface area contributed by atoms with Gasteiger partial charge in [-0.05, 0) is 18.2 Å². The SMILES string of the molecule is COc1c(O)ccc2c(=O)cc(-c3ccc([O-])c(O)c3)oc12. The van der Waals surface area contributed by atoms with Gasteiger partial charge < -0.3 is 24.5 Å². The first-order valence-corrected chi connectivity index (χ1v) is 6.35. The largest absolute Gasteiger partial charge is 0.870 e. The second-order valence-electron chi connectivity index (χ2n) is 4.65. The predicted molar refractivity (Wildman–Crippen MR) is 77.2 cm³/mol. The van der Waals surface area contributed by atoms with Gasteiger partial charge in [0.2, 0.25) is 5.75 Å². The van der Waals surface area contributed by atoms with Gasteiger partial charge in [0.1, 0.15) is 11.5 Å². The number of hydrogen-bond donors (Lipinski definition) is 2. The lowest BCUT2D eigenvalue weighted by Crippen LogP contribution is -2.01. The molecule has 0 bridgehead atoms. The lowest BCUT2D eigenvalue weighted by atomic mass is 10.1. The zero-order valence-corrected chi connectivity index (χ0v) is 11.5. The normalized spacial score (nSPS) is 10.8. The van der Waals surface area contributed by atoms with Crippen LogP contribution in [0.4, 0.5) is 0 Å². The van der Waals surface area contributed by atoms with Crippen LogP contribution in [-0.4, -0.2) is 17.3 Å².